The Morgan fingerprint density at radius 3 is 2.75 bits per heavy atom. The zero-order chi connectivity index (χ0) is 14.5. The summed E-state index contributed by atoms with van der Waals surface area (Å²) in [6.07, 6.45) is 3.40. The van der Waals surface area contributed by atoms with Gasteiger partial charge in [0.1, 0.15) is 0 Å². The van der Waals surface area contributed by atoms with Gasteiger partial charge >= 0.3 is 0 Å². The summed E-state index contributed by atoms with van der Waals surface area (Å²) in [5.41, 5.74) is 0.997. The lowest BCUT2D eigenvalue weighted by atomic mass is 10.1. The van der Waals surface area contributed by atoms with E-state index in [0.717, 1.165) is 13.0 Å². The molecule has 1 aliphatic rings. The molecule has 20 heavy (non-hydrogen) atoms. The average Bonchev–Trinajstić information content (AvgIpc) is 3.21. The van der Waals surface area contributed by atoms with Crippen molar-refractivity contribution in [3.8, 4) is 0 Å². The largest absolute Gasteiger partial charge is 0.352 e. The smallest absolute Gasteiger partial charge is 0.272 e. The normalized spacial score (nSPS) is 14.1. The summed E-state index contributed by atoms with van der Waals surface area (Å²) in [4.78, 5) is 22.1. The molecule has 1 amide bonds. The molecule has 0 bridgehead atoms. The predicted molar refractivity (Wildman–Crippen MR) is 75.8 cm³/mol. The first kappa shape index (κ1) is 14.5. The van der Waals surface area contributed by atoms with Gasteiger partial charge in [-0.1, -0.05) is 0 Å². The van der Waals surface area contributed by atoms with Crippen LogP contribution >= 0.6 is 0 Å². The maximum atomic E-state index is 11.9. The Kier molecular flexibility index (Phi) is 4.68. The summed E-state index contributed by atoms with van der Waals surface area (Å²) in [6, 6.07) is 5.10. The number of benzene rings is 1. The summed E-state index contributed by atoms with van der Waals surface area (Å²) >= 11 is 0. The number of amides is 1. The maximum Gasteiger partial charge on any atom is 0.272 e. The molecule has 2 N–H and O–H groups in total. The first-order chi connectivity index (χ1) is 9.58. The minimum absolute atomic E-state index is 0.0372. The monoisotopic (exact) mass is 277 g/mol. The molecular formula is C14H19N3O3. The van der Waals surface area contributed by atoms with Crippen molar-refractivity contribution in [2.75, 3.05) is 13.1 Å². The molecule has 108 valence electrons. The Morgan fingerprint density at radius 1 is 1.40 bits per heavy atom. The van der Waals surface area contributed by atoms with Gasteiger partial charge in [0.15, 0.2) is 0 Å². The summed E-state index contributed by atoms with van der Waals surface area (Å²) in [6.45, 7) is 3.15. The molecule has 1 aromatic carbocycles. The van der Waals surface area contributed by atoms with Crippen LogP contribution in [0.5, 0.6) is 0 Å². The fourth-order valence-corrected chi connectivity index (χ4v) is 1.99. The highest BCUT2D eigenvalue weighted by molar-refractivity contribution is 5.94. The van der Waals surface area contributed by atoms with E-state index in [-0.39, 0.29) is 11.6 Å². The fraction of sp³-hybridized carbons (Fsp3) is 0.500. The summed E-state index contributed by atoms with van der Waals surface area (Å²) in [5, 5.41) is 16.9. The Hall–Kier alpha value is -1.95. The number of aryl methyl sites for hydroxylation is 1. The molecule has 1 saturated carbocycles. The molecule has 0 unspecified atom stereocenters. The van der Waals surface area contributed by atoms with Crippen molar-refractivity contribution in [1.29, 1.82) is 0 Å². The molecule has 6 nitrogen and oxygen atoms in total. The number of nitrogens with one attached hydrogen (secondary N) is 2. The van der Waals surface area contributed by atoms with Gasteiger partial charge in [0.25, 0.3) is 11.6 Å². The molecule has 0 spiro atoms. The molecule has 0 aliphatic heterocycles. The highest BCUT2D eigenvalue weighted by Crippen LogP contribution is 2.19. The van der Waals surface area contributed by atoms with Crippen molar-refractivity contribution in [1.82, 2.24) is 10.6 Å². The summed E-state index contributed by atoms with van der Waals surface area (Å²) in [5.74, 6) is -0.186. The molecule has 0 aromatic heterocycles. The van der Waals surface area contributed by atoms with Gasteiger partial charge < -0.3 is 10.6 Å². The number of nitro benzene ring substituents is 1. The third-order valence-electron chi connectivity index (χ3n) is 3.31. The molecule has 1 aromatic rings. The molecule has 0 atom stereocenters. The Balaban J connectivity index is 1.79. The van der Waals surface area contributed by atoms with Gasteiger partial charge in [-0.3, -0.25) is 14.9 Å². The zero-order valence-corrected chi connectivity index (χ0v) is 11.5. The molecule has 6 heteroatoms. The van der Waals surface area contributed by atoms with Gasteiger partial charge in [0.05, 0.1) is 4.92 Å². The van der Waals surface area contributed by atoms with Crippen LogP contribution in [-0.4, -0.2) is 30.0 Å². The van der Waals surface area contributed by atoms with Crippen molar-refractivity contribution in [2.24, 2.45) is 0 Å². The molecule has 0 saturated heterocycles. The van der Waals surface area contributed by atoms with E-state index in [0.29, 0.717) is 23.7 Å². The van der Waals surface area contributed by atoms with E-state index < -0.39 is 4.92 Å². The van der Waals surface area contributed by atoms with Crippen LogP contribution in [0.15, 0.2) is 18.2 Å². The van der Waals surface area contributed by atoms with E-state index in [1.807, 2.05) is 0 Å². The zero-order valence-electron chi connectivity index (χ0n) is 11.5. The lowest BCUT2D eigenvalue weighted by molar-refractivity contribution is -0.385. The third kappa shape index (κ3) is 4.03. The van der Waals surface area contributed by atoms with Crippen LogP contribution in [0.2, 0.25) is 0 Å². The van der Waals surface area contributed by atoms with Crippen LogP contribution in [0.1, 0.15) is 35.2 Å². The molecule has 1 fully saturated rings. The van der Waals surface area contributed by atoms with Gasteiger partial charge in [-0.2, -0.15) is 0 Å². The molecule has 1 aliphatic carbocycles. The van der Waals surface area contributed by atoms with E-state index in [4.69, 9.17) is 0 Å². The number of hydrogen-bond donors (Lipinski definition) is 2. The van der Waals surface area contributed by atoms with Crippen LogP contribution in [0.25, 0.3) is 0 Å². The highest BCUT2D eigenvalue weighted by Gasteiger charge is 2.19. The SMILES string of the molecule is Cc1cc(C(=O)NCCCNC2CC2)ccc1[N+](=O)[O-]. The maximum absolute atomic E-state index is 11.9. The number of hydrogen-bond acceptors (Lipinski definition) is 4. The predicted octanol–water partition coefficient (Wildman–Crippen LogP) is 1.78. The van der Waals surface area contributed by atoms with Crippen molar-refractivity contribution < 1.29 is 9.72 Å². The minimum Gasteiger partial charge on any atom is -0.352 e. The van der Waals surface area contributed by atoms with E-state index >= 15 is 0 Å². The second kappa shape index (κ2) is 6.47. The van der Waals surface area contributed by atoms with E-state index in [9.17, 15) is 14.9 Å². The van der Waals surface area contributed by atoms with Gasteiger partial charge in [-0.15, -0.1) is 0 Å². The molecule has 2 rings (SSSR count). The second-order valence-electron chi connectivity index (χ2n) is 5.10. The van der Waals surface area contributed by atoms with Crippen molar-refractivity contribution in [3.63, 3.8) is 0 Å². The number of rotatable bonds is 7. The highest BCUT2D eigenvalue weighted by atomic mass is 16.6. The standard InChI is InChI=1S/C14H19N3O3/c1-10-9-11(3-6-13(10)17(19)20)14(18)16-8-2-7-15-12-4-5-12/h3,6,9,12,15H,2,4-5,7-8H2,1H3,(H,16,18). The van der Waals surface area contributed by atoms with Crippen molar-refractivity contribution in [3.05, 3.63) is 39.4 Å². The summed E-state index contributed by atoms with van der Waals surface area (Å²) in [7, 11) is 0. The van der Waals surface area contributed by atoms with Crippen LogP contribution in [0.4, 0.5) is 5.69 Å². The topological polar surface area (TPSA) is 84.3 Å². The van der Waals surface area contributed by atoms with Crippen molar-refractivity contribution >= 4 is 11.6 Å². The van der Waals surface area contributed by atoms with E-state index in [1.54, 1.807) is 13.0 Å². The molecule has 0 radical (unpaired) electrons. The first-order valence-electron chi connectivity index (χ1n) is 6.84. The molecular weight excluding hydrogens is 258 g/mol. The van der Waals surface area contributed by atoms with Crippen LogP contribution < -0.4 is 10.6 Å². The minimum atomic E-state index is -0.444. The van der Waals surface area contributed by atoms with Crippen LogP contribution in [-0.2, 0) is 0 Å². The Bertz CT molecular complexity index is 512. The average molecular weight is 277 g/mol. The van der Waals surface area contributed by atoms with E-state index in [2.05, 4.69) is 10.6 Å². The second-order valence-corrected chi connectivity index (χ2v) is 5.10. The number of carbonyl (C=O) groups is 1. The fourth-order valence-electron chi connectivity index (χ4n) is 1.99. The van der Waals surface area contributed by atoms with Gasteiger partial charge in [-0.05, 0) is 44.9 Å². The third-order valence-corrected chi connectivity index (χ3v) is 3.31. The number of carbonyl (C=O) groups excluding carboxylic acids is 1. The van der Waals surface area contributed by atoms with E-state index in [1.165, 1.54) is 25.0 Å². The van der Waals surface area contributed by atoms with Crippen LogP contribution in [0, 0.1) is 17.0 Å². The van der Waals surface area contributed by atoms with Gasteiger partial charge in [0.2, 0.25) is 0 Å². The number of nitro groups is 1. The lowest BCUT2D eigenvalue weighted by Gasteiger charge is -2.06. The first-order valence-corrected chi connectivity index (χ1v) is 6.84. The Labute approximate surface area is 117 Å². The van der Waals surface area contributed by atoms with Crippen LogP contribution in [0.3, 0.4) is 0 Å². The quantitative estimate of drug-likeness (QED) is 0.452. The Morgan fingerprint density at radius 2 is 2.15 bits per heavy atom. The summed E-state index contributed by atoms with van der Waals surface area (Å²) < 4.78 is 0. The van der Waals surface area contributed by atoms with Gasteiger partial charge in [0, 0.05) is 29.8 Å². The number of nitrogens with zero attached hydrogens (tertiary/aromatic N) is 1. The van der Waals surface area contributed by atoms with Gasteiger partial charge in [-0.25, -0.2) is 0 Å². The molecule has 0 heterocycles. The van der Waals surface area contributed by atoms with Crippen molar-refractivity contribution in [2.45, 2.75) is 32.2 Å². The lowest BCUT2D eigenvalue weighted by Crippen LogP contribution is -2.28.